The smallest absolute Gasteiger partial charge is 0.242 e. The molecule has 19 heavy (non-hydrogen) atoms. The van der Waals surface area contributed by atoms with E-state index in [-0.39, 0.29) is 4.99 Å². The molecule has 1 heterocycles. The van der Waals surface area contributed by atoms with Gasteiger partial charge in [-0.3, -0.25) is 0 Å². The van der Waals surface area contributed by atoms with Gasteiger partial charge in [0.05, 0.1) is 19.2 Å². The van der Waals surface area contributed by atoms with E-state index in [1.807, 2.05) is 0 Å². The number of thiophene rings is 1. The van der Waals surface area contributed by atoms with Crippen LogP contribution in [0.1, 0.15) is 30.6 Å². The molecule has 1 fully saturated rings. The fourth-order valence-electron chi connectivity index (χ4n) is 2.39. The summed E-state index contributed by atoms with van der Waals surface area (Å²) >= 11 is 9.77. The van der Waals surface area contributed by atoms with E-state index in [9.17, 15) is 8.42 Å². The van der Waals surface area contributed by atoms with Crippen LogP contribution in [0, 0.1) is 6.92 Å². The molecule has 1 aliphatic rings. The minimum atomic E-state index is -3.59. The van der Waals surface area contributed by atoms with Gasteiger partial charge in [0, 0.05) is 4.88 Å². The molecule has 0 aliphatic heterocycles. The van der Waals surface area contributed by atoms with Crippen LogP contribution in [-0.4, -0.2) is 18.9 Å². The van der Waals surface area contributed by atoms with Crippen molar-refractivity contribution in [1.29, 1.82) is 0 Å². The number of aryl methyl sites for hydroxylation is 1. The molecule has 0 atom stereocenters. The van der Waals surface area contributed by atoms with Gasteiger partial charge in [-0.25, -0.2) is 8.42 Å². The first-order valence-electron chi connectivity index (χ1n) is 5.87. The zero-order valence-electron chi connectivity index (χ0n) is 10.4. The molecule has 0 bridgehead atoms. The van der Waals surface area contributed by atoms with Crippen molar-refractivity contribution in [2.75, 3.05) is 0 Å². The molecule has 0 aromatic carbocycles. The lowest BCUT2D eigenvalue weighted by Gasteiger charge is -2.28. The fourth-order valence-corrected chi connectivity index (χ4v) is 6.56. The van der Waals surface area contributed by atoms with Crippen LogP contribution in [0.5, 0.6) is 0 Å². The third kappa shape index (κ3) is 3.02. The van der Waals surface area contributed by atoms with E-state index in [4.69, 9.17) is 18.0 Å². The number of rotatable bonds is 4. The molecule has 0 unspecified atom stereocenters. The van der Waals surface area contributed by atoms with E-state index in [0.29, 0.717) is 17.7 Å². The Morgan fingerprint density at radius 1 is 1.53 bits per heavy atom. The number of nitrogens with two attached hydrogens (primary N) is 1. The molecule has 0 saturated heterocycles. The molecular formula is C11H15BrN2O2S3. The van der Waals surface area contributed by atoms with Crippen LogP contribution >= 0.6 is 39.5 Å². The largest absolute Gasteiger partial charge is 0.392 e. The Kier molecular flexibility index (Phi) is 4.37. The van der Waals surface area contributed by atoms with Gasteiger partial charge in [-0.2, -0.15) is 4.72 Å². The summed E-state index contributed by atoms with van der Waals surface area (Å²) in [4.78, 5) is 1.28. The molecule has 1 aromatic heterocycles. The molecule has 0 spiro atoms. The Bertz CT molecular complexity index is 603. The fraction of sp³-hybridized carbons (Fsp3) is 0.545. The Morgan fingerprint density at radius 2 is 2.11 bits per heavy atom. The van der Waals surface area contributed by atoms with E-state index in [2.05, 4.69) is 20.7 Å². The summed E-state index contributed by atoms with van der Waals surface area (Å²) < 4.78 is 28.5. The molecule has 8 heteroatoms. The maximum Gasteiger partial charge on any atom is 0.242 e. The molecule has 1 aromatic rings. The van der Waals surface area contributed by atoms with Crippen LogP contribution in [-0.2, 0) is 10.0 Å². The van der Waals surface area contributed by atoms with Gasteiger partial charge in [-0.15, -0.1) is 11.3 Å². The molecule has 106 valence electrons. The van der Waals surface area contributed by atoms with Gasteiger partial charge < -0.3 is 5.73 Å². The molecule has 2 rings (SSSR count). The SMILES string of the molecule is Cc1sc(Br)cc1S(=O)(=O)NC1(C(N)=S)CCCC1. The maximum atomic E-state index is 12.5. The number of halogens is 1. The zero-order chi connectivity index (χ0) is 14.3. The lowest BCUT2D eigenvalue weighted by molar-refractivity contribution is 0.503. The Hall–Kier alpha value is -0.0200. The van der Waals surface area contributed by atoms with Crippen molar-refractivity contribution < 1.29 is 8.42 Å². The second-order valence-corrected chi connectivity index (χ2v) is 9.46. The minimum absolute atomic E-state index is 0.237. The van der Waals surface area contributed by atoms with Gasteiger partial charge in [0.15, 0.2) is 0 Å². The minimum Gasteiger partial charge on any atom is -0.392 e. The summed E-state index contributed by atoms with van der Waals surface area (Å²) in [5.74, 6) is 0. The van der Waals surface area contributed by atoms with Gasteiger partial charge in [-0.05, 0) is 41.8 Å². The van der Waals surface area contributed by atoms with E-state index in [1.54, 1.807) is 13.0 Å². The van der Waals surface area contributed by atoms with Gasteiger partial charge in [0.25, 0.3) is 0 Å². The van der Waals surface area contributed by atoms with Gasteiger partial charge >= 0.3 is 0 Å². The third-order valence-electron chi connectivity index (χ3n) is 3.39. The highest BCUT2D eigenvalue weighted by Crippen LogP contribution is 2.34. The molecule has 3 N–H and O–H groups in total. The first-order chi connectivity index (χ1) is 8.77. The van der Waals surface area contributed by atoms with Crippen LogP contribution in [0.25, 0.3) is 0 Å². The van der Waals surface area contributed by atoms with Crippen LogP contribution in [0.15, 0.2) is 14.7 Å². The predicted octanol–water partition coefficient (Wildman–Crippen LogP) is 2.70. The van der Waals surface area contributed by atoms with Crippen LogP contribution in [0.3, 0.4) is 0 Å². The van der Waals surface area contributed by atoms with Gasteiger partial charge in [-0.1, -0.05) is 25.1 Å². The van der Waals surface area contributed by atoms with E-state index in [0.717, 1.165) is 21.5 Å². The summed E-state index contributed by atoms with van der Waals surface area (Å²) in [5, 5.41) is 0. The predicted molar refractivity (Wildman–Crippen MR) is 85.1 cm³/mol. The lowest BCUT2D eigenvalue weighted by Crippen LogP contribution is -2.54. The first-order valence-corrected chi connectivity index (χ1v) is 9.37. The van der Waals surface area contributed by atoms with Gasteiger partial charge in [0.1, 0.15) is 0 Å². The highest BCUT2D eigenvalue weighted by molar-refractivity contribution is 9.11. The van der Waals surface area contributed by atoms with Crippen molar-refractivity contribution in [3.05, 3.63) is 14.7 Å². The summed E-state index contributed by atoms with van der Waals surface area (Å²) in [7, 11) is -3.59. The van der Waals surface area contributed by atoms with Gasteiger partial charge in [0.2, 0.25) is 10.0 Å². The number of hydrogen-bond acceptors (Lipinski definition) is 4. The second-order valence-electron chi connectivity index (χ2n) is 4.73. The molecule has 0 radical (unpaired) electrons. The van der Waals surface area contributed by atoms with Crippen molar-refractivity contribution >= 4 is 54.5 Å². The van der Waals surface area contributed by atoms with Crippen molar-refractivity contribution in [3.8, 4) is 0 Å². The summed E-state index contributed by atoms with van der Waals surface area (Å²) in [6, 6.07) is 1.62. The number of nitrogens with one attached hydrogen (secondary N) is 1. The average Bonchev–Trinajstić information content (AvgIpc) is 2.86. The Labute approximate surface area is 130 Å². The molecule has 1 saturated carbocycles. The van der Waals surface area contributed by atoms with E-state index >= 15 is 0 Å². The van der Waals surface area contributed by atoms with E-state index < -0.39 is 15.6 Å². The first kappa shape index (κ1) is 15.4. The highest BCUT2D eigenvalue weighted by Gasteiger charge is 2.41. The van der Waals surface area contributed by atoms with E-state index in [1.165, 1.54) is 11.3 Å². The zero-order valence-corrected chi connectivity index (χ0v) is 14.4. The van der Waals surface area contributed by atoms with Crippen molar-refractivity contribution in [2.24, 2.45) is 5.73 Å². The van der Waals surface area contributed by atoms with Crippen molar-refractivity contribution in [2.45, 2.75) is 43.0 Å². The second kappa shape index (κ2) is 5.40. The molecule has 0 amide bonds. The van der Waals surface area contributed by atoms with Crippen LogP contribution in [0.4, 0.5) is 0 Å². The lowest BCUT2D eigenvalue weighted by atomic mass is 10.00. The van der Waals surface area contributed by atoms with Crippen LogP contribution in [0.2, 0.25) is 0 Å². The Morgan fingerprint density at radius 3 is 2.53 bits per heavy atom. The Balaban J connectivity index is 2.36. The summed E-state index contributed by atoms with van der Waals surface area (Å²) in [6.45, 7) is 1.78. The topological polar surface area (TPSA) is 72.2 Å². The average molecular weight is 383 g/mol. The molecule has 1 aliphatic carbocycles. The van der Waals surface area contributed by atoms with Crippen LogP contribution < -0.4 is 10.5 Å². The maximum absolute atomic E-state index is 12.5. The van der Waals surface area contributed by atoms with Crippen molar-refractivity contribution in [3.63, 3.8) is 0 Å². The summed E-state index contributed by atoms with van der Waals surface area (Å²) in [5.41, 5.74) is 5.00. The standard InChI is InChI=1S/C11H15BrN2O2S3/c1-7-8(6-9(12)18-7)19(15,16)14-11(10(13)17)4-2-3-5-11/h6,14H,2-5H2,1H3,(H2,13,17). The number of thiocarbonyl (C=S) groups is 1. The summed E-state index contributed by atoms with van der Waals surface area (Å²) in [6.07, 6.45) is 3.22. The van der Waals surface area contributed by atoms with Crippen molar-refractivity contribution in [1.82, 2.24) is 4.72 Å². The third-order valence-corrected chi connectivity index (χ3v) is 7.13. The number of hydrogen-bond donors (Lipinski definition) is 2. The quantitative estimate of drug-likeness (QED) is 0.785. The molecule has 4 nitrogen and oxygen atoms in total. The number of sulfonamides is 1. The monoisotopic (exact) mass is 382 g/mol. The molecular weight excluding hydrogens is 368 g/mol. The normalized spacial score (nSPS) is 18.6. The highest BCUT2D eigenvalue weighted by atomic mass is 79.9.